The van der Waals surface area contributed by atoms with Gasteiger partial charge in [0.25, 0.3) is 0 Å². The fourth-order valence-corrected chi connectivity index (χ4v) is 3.93. The molecule has 6 N–H and O–H groups in total. The molecule has 0 fully saturated rings. The van der Waals surface area contributed by atoms with Crippen molar-refractivity contribution in [2.45, 2.75) is 58.0 Å². The number of allylic oxidation sites excluding steroid dienone is 1. The number of hydrogen-bond acceptors (Lipinski definition) is 7. The molecular weight excluding hydrogens is 464 g/mol. The molecule has 196 valence electrons. The number of carboxylic acids is 1. The highest BCUT2D eigenvalue weighted by Gasteiger charge is 2.41. The van der Waals surface area contributed by atoms with Gasteiger partial charge in [-0.15, -0.1) is 0 Å². The standard InChI is InChI=1S/C24H36N8O4/c1-6-8-9-28-20(18-12-27-14-31-18)22(34)32-24(3,4)19(16(7-2)25-5)21(33)29-10-15(23(35)36)17-11-26-13-30-17/h7,11-15,19-20,28H,5-6,8-10H2,1-4H3,(H,26,30)(H,27,31)(H,29,33)(H,32,34)(H,35,36)/b16-7-. The van der Waals surface area contributed by atoms with E-state index in [1.54, 1.807) is 33.0 Å². The molecule has 2 rings (SSSR count). The van der Waals surface area contributed by atoms with Crippen LogP contribution in [0.5, 0.6) is 0 Å². The van der Waals surface area contributed by atoms with E-state index in [9.17, 15) is 19.5 Å². The van der Waals surface area contributed by atoms with Gasteiger partial charge in [0.05, 0.1) is 41.5 Å². The summed E-state index contributed by atoms with van der Waals surface area (Å²) in [5.41, 5.74) is 0.197. The number of nitrogens with one attached hydrogen (secondary N) is 5. The summed E-state index contributed by atoms with van der Waals surface area (Å²) in [5.74, 6) is -3.93. The molecule has 0 radical (unpaired) electrons. The van der Waals surface area contributed by atoms with E-state index >= 15 is 0 Å². The van der Waals surface area contributed by atoms with Crippen LogP contribution in [0.4, 0.5) is 0 Å². The van der Waals surface area contributed by atoms with Crippen LogP contribution in [-0.2, 0) is 14.4 Å². The molecule has 12 heteroatoms. The number of aromatic amines is 2. The first kappa shape index (κ1) is 28.4. The van der Waals surface area contributed by atoms with Crippen LogP contribution in [0.2, 0.25) is 0 Å². The second kappa shape index (κ2) is 13.3. The highest BCUT2D eigenvalue weighted by molar-refractivity contribution is 5.87. The van der Waals surface area contributed by atoms with Crippen molar-refractivity contribution in [3.63, 3.8) is 0 Å². The molecule has 0 spiro atoms. The lowest BCUT2D eigenvalue weighted by molar-refractivity contribution is -0.138. The third-order valence-electron chi connectivity index (χ3n) is 5.85. The number of nitrogens with zero attached hydrogens (tertiary/aromatic N) is 3. The molecule has 36 heavy (non-hydrogen) atoms. The number of imidazole rings is 2. The predicted octanol–water partition coefficient (Wildman–Crippen LogP) is 1.66. The van der Waals surface area contributed by atoms with E-state index in [0.29, 0.717) is 23.6 Å². The summed E-state index contributed by atoms with van der Waals surface area (Å²) < 4.78 is 0. The van der Waals surface area contributed by atoms with Crippen molar-refractivity contribution in [1.29, 1.82) is 0 Å². The summed E-state index contributed by atoms with van der Waals surface area (Å²) in [4.78, 5) is 56.1. The Balaban J connectivity index is 2.25. The van der Waals surface area contributed by atoms with Crippen LogP contribution in [0.25, 0.3) is 0 Å². The van der Waals surface area contributed by atoms with Crippen molar-refractivity contribution in [2.75, 3.05) is 13.1 Å². The highest BCUT2D eigenvalue weighted by atomic mass is 16.4. The van der Waals surface area contributed by atoms with Crippen LogP contribution in [0.1, 0.15) is 63.9 Å². The summed E-state index contributed by atoms with van der Waals surface area (Å²) in [6.45, 7) is 11.2. The molecule has 0 aliphatic carbocycles. The van der Waals surface area contributed by atoms with E-state index in [0.717, 1.165) is 12.8 Å². The molecule has 3 unspecified atom stereocenters. The molecule has 3 atom stereocenters. The van der Waals surface area contributed by atoms with E-state index in [-0.39, 0.29) is 12.5 Å². The zero-order valence-electron chi connectivity index (χ0n) is 21.2. The van der Waals surface area contributed by atoms with Gasteiger partial charge in [0.2, 0.25) is 11.8 Å². The maximum atomic E-state index is 13.4. The first-order valence-corrected chi connectivity index (χ1v) is 11.8. The van der Waals surface area contributed by atoms with Gasteiger partial charge >= 0.3 is 5.97 Å². The minimum absolute atomic E-state index is 0.180. The lowest BCUT2D eigenvalue weighted by Crippen LogP contribution is -2.57. The molecule has 0 aromatic carbocycles. The molecule has 0 bridgehead atoms. The average Bonchev–Trinajstić information content (AvgIpc) is 3.54. The third kappa shape index (κ3) is 7.35. The number of carboxylic acid groups (broad SMARTS) is 1. The third-order valence-corrected chi connectivity index (χ3v) is 5.85. The number of carbonyl (C=O) groups excluding carboxylic acids is 2. The smallest absolute Gasteiger partial charge is 0.314 e. The molecule has 2 amide bonds. The number of unbranched alkanes of at least 4 members (excludes halogenated alkanes) is 1. The van der Waals surface area contributed by atoms with E-state index < -0.39 is 35.3 Å². The van der Waals surface area contributed by atoms with Crippen LogP contribution in [0, 0.1) is 5.92 Å². The SMILES string of the molecule is C=N/C(=C\C)C(C(=O)NCC(C(=O)O)c1cnc[nH]1)C(C)(C)NC(=O)C(NCCCC)c1cnc[nH]1. The largest absolute Gasteiger partial charge is 0.481 e. The average molecular weight is 501 g/mol. The van der Waals surface area contributed by atoms with Crippen molar-refractivity contribution in [2.24, 2.45) is 10.9 Å². The van der Waals surface area contributed by atoms with Crippen LogP contribution in [0.3, 0.4) is 0 Å². The quantitative estimate of drug-likeness (QED) is 0.159. The maximum absolute atomic E-state index is 13.4. The van der Waals surface area contributed by atoms with Gasteiger partial charge in [-0.25, -0.2) is 9.97 Å². The van der Waals surface area contributed by atoms with Crippen LogP contribution >= 0.6 is 0 Å². The van der Waals surface area contributed by atoms with Gasteiger partial charge in [-0.1, -0.05) is 19.4 Å². The normalized spacial score (nSPS) is 14.5. The second-order valence-electron chi connectivity index (χ2n) is 8.91. The van der Waals surface area contributed by atoms with Crippen molar-refractivity contribution in [3.8, 4) is 0 Å². The summed E-state index contributed by atoms with van der Waals surface area (Å²) in [5, 5.41) is 18.5. The summed E-state index contributed by atoms with van der Waals surface area (Å²) in [6, 6.07) is -0.704. The number of H-pyrrole nitrogens is 2. The zero-order chi connectivity index (χ0) is 26.7. The topological polar surface area (TPSA) is 177 Å². The monoisotopic (exact) mass is 500 g/mol. The molecule has 0 saturated heterocycles. The predicted molar refractivity (Wildman–Crippen MR) is 135 cm³/mol. The minimum atomic E-state index is -1.11. The van der Waals surface area contributed by atoms with Crippen molar-refractivity contribution < 1.29 is 19.5 Å². The van der Waals surface area contributed by atoms with E-state index in [1.165, 1.54) is 18.9 Å². The molecule has 0 saturated carbocycles. The number of aliphatic carboxylic acids is 1. The number of carbonyl (C=O) groups is 3. The van der Waals surface area contributed by atoms with Crippen molar-refractivity contribution in [3.05, 3.63) is 48.2 Å². The Bertz CT molecular complexity index is 1030. The molecule has 0 aliphatic heterocycles. The Kier molecular flexibility index (Phi) is 10.5. The molecular formula is C24H36N8O4. The van der Waals surface area contributed by atoms with Crippen molar-refractivity contribution in [1.82, 2.24) is 35.9 Å². The number of aliphatic imine (C=N–C) groups is 1. The van der Waals surface area contributed by atoms with Crippen molar-refractivity contribution >= 4 is 24.5 Å². The van der Waals surface area contributed by atoms with Gasteiger partial charge < -0.3 is 31.0 Å². The van der Waals surface area contributed by atoms with E-state index in [1.807, 2.05) is 0 Å². The Hall–Kier alpha value is -3.80. The molecule has 2 heterocycles. The number of aromatic nitrogens is 4. The van der Waals surface area contributed by atoms with Crippen LogP contribution in [-0.4, -0.2) is 68.2 Å². The van der Waals surface area contributed by atoms with Gasteiger partial charge in [0.1, 0.15) is 17.9 Å². The summed E-state index contributed by atoms with van der Waals surface area (Å²) >= 11 is 0. The Morgan fingerprint density at radius 2 is 1.81 bits per heavy atom. The number of hydrogen-bond donors (Lipinski definition) is 6. The van der Waals surface area contributed by atoms with E-state index in [2.05, 4.69) is 54.5 Å². The number of rotatable bonds is 15. The first-order chi connectivity index (χ1) is 17.2. The minimum Gasteiger partial charge on any atom is -0.481 e. The fourth-order valence-electron chi connectivity index (χ4n) is 3.93. The lowest BCUT2D eigenvalue weighted by atomic mass is 9.83. The molecule has 2 aromatic rings. The highest BCUT2D eigenvalue weighted by Crippen LogP contribution is 2.27. The summed E-state index contributed by atoms with van der Waals surface area (Å²) in [6.07, 6.45) is 9.33. The van der Waals surface area contributed by atoms with Gasteiger partial charge in [0.15, 0.2) is 0 Å². The molecule has 2 aromatic heterocycles. The molecule has 12 nitrogen and oxygen atoms in total. The van der Waals surface area contributed by atoms with Crippen LogP contribution < -0.4 is 16.0 Å². The first-order valence-electron chi connectivity index (χ1n) is 11.8. The van der Waals surface area contributed by atoms with Gasteiger partial charge in [-0.3, -0.25) is 19.4 Å². The Morgan fingerprint density at radius 3 is 2.31 bits per heavy atom. The van der Waals surface area contributed by atoms with Gasteiger partial charge in [-0.2, -0.15) is 0 Å². The second-order valence-corrected chi connectivity index (χ2v) is 8.91. The number of amides is 2. The zero-order valence-corrected chi connectivity index (χ0v) is 21.2. The van der Waals surface area contributed by atoms with E-state index in [4.69, 9.17) is 0 Å². The lowest BCUT2D eigenvalue weighted by Gasteiger charge is -2.36. The summed E-state index contributed by atoms with van der Waals surface area (Å²) in [7, 11) is 0. The maximum Gasteiger partial charge on any atom is 0.314 e. The Morgan fingerprint density at radius 1 is 1.17 bits per heavy atom. The molecule has 0 aliphatic rings. The van der Waals surface area contributed by atoms with Gasteiger partial charge in [-0.05, 0) is 40.5 Å². The van der Waals surface area contributed by atoms with Crippen LogP contribution in [0.15, 0.2) is 41.8 Å². The van der Waals surface area contributed by atoms with Gasteiger partial charge in [0, 0.05) is 12.7 Å². The fraction of sp³-hybridized carbons (Fsp3) is 0.500. The Labute approximate surface area is 210 Å².